The summed E-state index contributed by atoms with van der Waals surface area (Å²) in [5.41, 5.74) is -0.902. The van der Waals surface area contributed by atoms with Crippen molar-refractivity contribution in [3.63, 3.8) is 0 Å². The van der Waals surface area contributed by atoms with Crippen LogP contribution in [0, 0.1) is 0 Å². The van der Waals surface area contributed by atoms with Crippen molar-refractivity contribution in [1.29, 1.82) is 0 Å². The van der Waals surface area contributed by atoms with Crippen LogP contribution in [0.4, 0.5) is 0 Å². The highest BCUT2D eigenvalue weighted by molar-refractivity contribution is 6.03. The molecule has 6 heteroatoms. The maximum absolute atomic E-state index is 11.5. The zero-order valence-corrected chi connectivity index (χ0v) is 8.70. The van der Waals surface area contributed by atoms with E-state index in [4.69, 9.17) is 5.11 Å². The van der Waals surface area contributed by atoms with Gasteiger partial charge in [0.2, 0.25) is 0 Å². The van der Waals surface area contributed by atoms with Crippen molar-refractivity contribution in [1.82, 2.24) is 10.5 Å². The molecule has 0 aliphatic rings. The molecule has 0 atom stereocenters. The number of carbonyl (C=O) groups excluding carboxylic acids is 1. The number of amides is 1. The van der Waals surface area contributed by atoms with E-state index in [1.54, 1.807) is 20.8 Å². The lowest BCUT2D eigenvalue weighted by Crippen LogP contribution is -2.41. The maximum Gasteiger partial charge on any atom is 0.341 e. The van der Waals surface area contributed by atoms with E-state index in [2.05, 4.69) is 15.0 Å². The molecule has 0 aliphatic heterocycles. The number of carboxylic acids is 1. The average Bonchev–Trinajstić information content (AvgIpc) is 2.47. The number of carboxylic acid groups (broad SMARTS) is 1. The molecule has 0 saturated carbocycles. The molecule has 0 aromatic carbocycles. The van der Waals surface area contributed by atoms with Crippen molar-refractivity contribution < 1.29 is 19.2 Å². The first kappa shape index (κ1) is 11.2. The van der Waals surface area contributed by atoms with Crippen LogP contribution in [0.2, 0.25) is 0 Å². The smallest absolute Gasteiger partial charge is 0.341 e. The summed E-state index contributed by atoms with van der Waals surface area (Å²) in [7, 11) is 0. The minimum absolute atomic E-state index is 0.211. The molecule has 1 heterocycles. The van der Waals surface area contributed by atoms with Gasteiger partial charge in [0.05, 0.1) is 0 Å². The van der Waals surface area contributed by atoms with Crippen molar-refractivity contribution in [2.45, 2.75) is 26.3 Å². The molecule has 0 saturated heterocycles. The molecule has 1 aromatic heterocycles. The SMILES string of the molecule is CC(C)(C)NC(=O)c1nocc1C(=O)O. The van der Waals surface area contributed by atoms with Crippen molar-refractivity contribution >= 4 is 11.9 Å². The highest BCUT2D eigenvalue weighted by Crippen LogP contribution is 2.08. The van der Waals surface area contributed by atoms with Gasteiger partial charge < -0.3 is 14.9 Å². The predicted octanol–water partition coefficient (Wildman–Crippen LogP) is 0.901. The van der Waals surface area contributed by atoms with Crippen molar-refractivity contribution in [3.8, 4) is 0 Å². The molecule has 1 aromatic rings. The van der Waals surface area contributed by atoms with Gasteiger partial charge in [0.25, 0.3) is 5.91 Å². The average molecular weight is 212 g/mol. The fourth-order valence-electron chi connectivity index (χ4n) is 0.952. The Morgan fingerprint density at radius 3 is 2.53 bits per heavy atom. The van der Waals surface area contributed by atoms with Crippen molar-refractivity contribution in [3.05, 3.63) is 17.5 Å². The fraction of sp³-hybridized carbons (Fsp3) is 0.444. The lowest BCUT2D eigenvalue weighted by Gasteiger charge is -2.19. The minimum atomic E-state index is -1.24. The van der Waals surface area contributed by atoms with E-state index in [0.29, 0.717) is 0 Å². The summed E-state index contributed by atoms with van der Waals surface area (Å²) in [6, 6.07) is 0. The molecule has 0 bridgehead atoms. The molecule has 0 unspecified atom stereocenters. The molecule has 0 radical (unpaired) electrons. The van der Waals surface area contributed by atoms with E-state index in [1.165, 1.54) is 0 Å². The third-order valence-electron chi connectivity index (χ3n) is 1.50. The zero-order valence-electron chi connectivity index (χ0n) is 8.70. The lowest BCUT2D eigenvalue weighted by molar-refractivity contribution is 0.0689. The number of hydrogen-bond donors (Lipinski definition) is 2. The highest BCUT2D eigenvalue weighted by atomic mass is 16.5. The first-order valence-electron chi connectivity index (χ1n) is 4.31. The Bertz CT molecular complexity index is 389. The molecule has 0 fully saturated rings. The van der Waals surface area contributed by atoms with Crippen LogP contribution in [-0.4, -0.2) is 27.7 Å². The van der Waals surface area contributed by atoms with Crippen LogP contribution in [0.1, 0.15) is 41.6 Å². The molecule has 0 spiro atoms. The minimum Gasteiger partial charge on any atom is -0.477 e. The largest absolute Gasteiger partial charge is 0.477 e. The summed E-state index contributed by atoms with van der Waals surface area (Å²) in [5, 5.41) is 14.7. The zero-order chi connectivity index (χ0) is 11.6. The molecule has 2 N–H and O–H groups in total. The van der Waals surface area contributed by atoms with E-state index < -0.39 is 17.4 Å². The Kier molecular flexibility index (Phi) is 2.78. The van der Waals surface area contributed by atoms with Crippen molar-refractivity contribution in [2.24, 2.45) is 0 Å². The maximum atomic E-state index is 11.5. The van der Waals surface area contributed by atoms with Crippen LogP contribution in [0.5, 0.6) is 0 Å². The van der Waals surface area contributed by atoms with Gasteiger partial charge in [-0.2, -0.15) is 0 Å². The Balaban J connectivity index is 2.92. The van der Waals surface area contributed by atoms with Crippen molar-refractivity contribution in [2.75, 3.05) is 0 Å². The lowest BCUT2D eigenvalue weighted by atomic mass is 10.1. The molecule has 6 nitrogen and oxygen atoms in total. The van der Waals surface area contributed by atoms with E-state index in [0.717, 1.165) is 6.26 Å². The number of aromatic carboxylic acids is 1. The van der Waals surface area contributed by atoms with E-state index in [1.807, 2.05) is 0 Å². The van der Waals surface area contributed by atoms with Gasteiger partial charge in [-0.05, 0) is 20.8 Å². The van der Waals surface area contributed by atoms with Crippen LogP contribution >= 0.6 is 0 Å². The molecule has 1 rings (SSSR count). The quantitative estimate of drug-likeness (QED) is 0.759. The molecular formula is C9H12N2O4. The summed E-state index contributed by atoms with van der Waals surface area (Å²) < 4.78 is 4.45. The van der Waals surface area contributed by atoms with Gasteiger partial charge >= 0.3 is 5.97 Å². The van der Waals surface area contributed by atoms with Gasteiger partial charge in [-0.15, -0.1) is 0 Å². The molecule has 1 amide bonds. The molecule has 15 heavy (non-hydrogen) atoms. The van der Waals surface area contributed by atoms with Crippen LogP contribution in [0.25, 0.3) is 0 Å². The number of carbonyl (C=O) groups is 2. The normalized spacial score (nSPS) is 11.1. The van der Waals surface area contributed by atoms with Gasteiger partial charge in [0.1, 0.15) is 11.8 Å². The first-order chi connectivity index (χ1) is 6.81. The topological polar surface area (TPSA) is 92.4 Å². The standard InChI is InChI=1S/C9H12N2O4/c1-9(2,3)10-7(12)6-5(8(13)14)4-15-11-6/h4H,1-3H3,(H,10,12)(H,13,14). The third kappa shape index (κ3) is 2.80. The molecular weight excluding hydrogens is 200 g/mol. The monoisotopic (exact) mass is 212 g/mol. The van der Waals surface area contributed by atoms with E-state index in [-0.39, 0.29) is 11.3 Å². The fourth-order valence-corrected chi connectivity index (χ4v) is 0.952. The predicted molar refractivity (Wildman–Crippen MR) is 50.7 cm³/mol. The highest BCUT2D eigenvalue weighted by Gasteiger charge is 2.24. The Hall–Kier alpha value is -1.85. The van der Waals surface area contributed by atoms with Gasteiger partial charge in [-0.25, -0.2) is 4.79 Å². The van der Waals surface area contributed by atoms with Gasteiger partial charge in [-0.1, -0.05) is 5.16 Å². The van der Waals surface area contributed by atoms with Gasteiger partial charge in [-0.3, -0.25) is 4.79 Å². The molecule has 0 aliphatic carbocycles. The van der Waals surface area contributed by atoms with E-state index in [9.17, 15) is 9.59 Å². The Morgan fingerprint density at radius 1 is 1.47 bits per heavy atom. The Labute approximate surface area is 86.3 Å². The summed E-state index contributed by atoms with van der Waals surface area (Å²) in [6.07, 6.45) is 0.930. The Morgan fingerprint density at radius 2 is 2.07 bits per heavy atom. The second kappa shape index (κ2) is 3.72. The third-order valence-corrected chi connectivity index (χ3v) is 1.50. The van der Waals surface area contributed by atoms with Gasteiger partial charge in [0.15, 0.2) is 5.69 Å². The number of nitrogens with one attached hydrogen (secondary N) is 1. The summed E-state index contributed by atoms with van der Waals surface area (Å²) in [4.78, 5) is 22.2. The van der Waals surface area contributed by atoms with Crippen LogP contribution in [0.3, 0.4) is 0 Å². The number of hydrogen-bond acceptors (Lipinski definition) is 4. The van der Waals surface area contributed by atoms with Crippen LogP contribution in [-0.2, 0) is 0 Å². The summed E-state index contributed by atoms with van der Waals surface area (Å²) in [5.74, 6) is -1.80. The van der Waals surface area contributed by atoms with Crippen LogP contribution < -0.4 is 5.32 Å². The van der Waals surface area contributed by atoms with E-state index >= 15 is 0 Å². The first-order valence-corrected chi connectivity index (χ1v) is 4.31. The number of nitrogens with zero attached hydrogens (tertiary/aromatic N) is 1. The number of aromatic nitrogens is 1. The second-order valence-corrected chi connectivity index (χ2v) is 4.09. The summed E-state index contributed by atoms with van der Waals surface area (Å²) in [6.45, 7) is 5.35. The second-order valence-electron chi connectivity index (χ2n) is 4.09. The summed E-state index contributed by atoms with van der Waals surface area (Å²) >= 11 is 0. The van der Waals surface area contributed by atoms with Gasteiger partial charge in [0, 0.05) is 5.54 Å². The van der Waals surface area contributed by atoms with Crippen LogP contribution in [0.15, 0.2) is 10.8 Å². The molecule has 82 valence electrons. The number of rotatable bonds is 2.